The zero-order valence-corrected chi connectivity index (χ0v) is 7.57. The van der Waals surface area contributed by atoms with Crippen molar-refractivity contribution in [2.24, 2.45) is 0 Å². The second kappa shape index (κ2) is 3.05. The fourth-order valence-electron chi connectivity index (χ4n) is 1.35. The molecule has 0 aromatic carbocycles. The number of pyridine rings is 1. The summed E-state index contributed by atoms with van der Waals surface area (Å²) in [5.41, 5.74) is 7.17. The molecule has 0 aliphatic carbocycles. The molecule has 0 aliphatic heterocycles. The summed E-state index contributed by atoms with van der Waals surface area (Å²) in [6.07, 6.45) is 3.94. The number of aromatic nitrogens is 3. The smallest absolute Gasteiger partial charge is 0.162 e. The van der Waals surface area contributed by atoms with E-state index in [1.54, 1.807) is 0 Å². The van der Waals surface area contributed by atoms with E-state index in [4.69, 9.17) is 5.73 Å². The molecule has 0 amide bonds. The molecule has 0 aliphatic rings. The lowest BCUT2D eigenvalue weighted by molar-refractivity contribution is 0.818. The molecule has 4 nitrogen and oxygen atoms in total. The first kappa shape index (κ1) is 8.04. The average Bonchev–Trinajstić information content (AvgIpc) is 2.49. The van der Waals surface area contributed by atoms with Crippen molar-refractivity contribution in [2.75, 3.05) is 5.73 Å². The van der Waals surface area contributed by atoms with Gasteiger partial charge in [-0.15, -0.1) is 10.2 Å². The van der Waals surface area contributed by atoms with Crippen LogP contribution in [0.2, 0.25) is 0 Å². The average molecular weight is 176 g/mol. The van der Waals surface area contributed by atoms with Gasteiger partial charge in [0.2, 0.25) is 0 Å². The Morgan fingerprint density at radius 3 is 3.08 bits per heavy atom. The Balaban J connectivity index is 2.55. The standard InChI is InChI=1S/C9H12N4/c1-2-3-8-11-12-9-6-7(10)4-5-13(8)9/h4-6H,2-3,10H2,1H3. The molecule has 68 valence electrons. The van der Waals surface area contributed by atoms with E-state index >= 15 is 0 Å². The number of hydrogen-bond acceptors (Lipinski definition) is 3. The van der Waals surface area contributed by atoms with Crippen molar-refractivity contribution in [1.29, 1.82) is 0 Å². The maximum absolute atomic E-state index is 5.63. The Morgan fingerprint density at radius 2 is 2.31 bits per heavy atom. The molecule has 0 bridgehead atoms. The van der Waals surface area contributed by atoms with Gasteiger partial charge in [-0.1, -0.05) is 6.92 Å². The van der Waals surface area contributed by atoms with Crippen molar-refractivity contribution in [1.82, 2.24) is 14.6 Å². The van der Waals surface area contributed by atoms with Crippen LogP contribution in [0.25, 0.3) is 5.65 Å². The van der Waals surface area contributed by atoms with Crippen LogP contribution in [-0.4, -0.2) is 14.6 Å². The lowest BCUT2D eigenvalue weighted by Crippen LogP contribution is -1.94. The summed E-state index contributed by atoms with van der Waals surface area (Å²) in [7, 11) is 0. The van der Waals surface area contributed by atoms with E-state index in [1.165, 1.54) is 0 Å². The molecule has 13 heavy (non-hydrogen) atoms. The van der Waals surface area contributed by atoms with Crippen molar-refractivity contribution in [3.05, 3.63) is 24.2 Å². The molecule has 0 saturated carbocycles. The highest BCUT2D eigenvalue weighted by Gasteiger charge is 2.03. The fourth-order valence-corrected chi connectivity index (χ4v) is 1.35. The van der Waals surface area contributed by atoms with Gasteiger partial charge in [-0.25, -0.2) is 0 Å². The zero-order chi connectivity index (χ0) is 9.26. The Kier molecular flexibility index (Phi) is 1.88. The Bertz CT molecular complexity index is 418. The number of fused-ring (bicyclic) bond motifs is 1. The molecule has 2 rings (SSSR count). The molecule has 4 heteroatoms. The number of hydrogen-bond donors (Lipinski definition) is 1. The van der Waals surface area contributed by atoms with Gasteiger partial charge in [0.1, 0.15) is 5.82 Å². The van der Waals surface area contributed by atoms with Crippen molar-refractivity contribution in [3.8, 4) is 0 Å². The lowest BCUT2D eigenvalue weighted by Gasteiger charge is -1.97. The number of nitrogens with zero attached hydrogens (tertiary/aromatic N) is 3. The van der Waals surface area contributed by atoms with E-state index in [9.17, 15) is 0 Å². The van der Waals surface area contributed by atoms with E-state index in [0.717, 1.165) is 30.0 Å². The Hall–Kier alpha value is -1.58. The lowest BCUT2D eigenvalue weighted by atomic mass is 10.3. The van der Waals surface area contributed by atoms with Crippen molar-refractivity contribution < 1.29 is 0 Å². The topological polar surface area (TPSA) is 56.2 Å². The van der Waals surface area contributed by atoms with Crippen LogP contribution in [0.5, 0.6) is 0 Å². The molecule has 2 N–H and O–H groups in total. The Labute approximate surface area is 76.4 Å². The molecule has 0 fully saturated rings. The summed E-state index contributed by atoms with van der Waals surface area (Å²) >= 11 is 0. The number of anilines is 1. The van der Waals surface area contributed by atoms with E-state index < -0.39 is 0 Å². The van der Waals surface area contributed by atoms with Gasteiger partial charge in [-0.3, -0.25) is 4.40 Å². The molecule has 0 unspecified atom stereocenters. The first-order valence-electron chi connectivity index (χ1n) is 4.40. The van der Waals surface area contributed by atoms with E-state index in [1.807, 2.05) is 22.7 Å². The minimum atomic E-state index is 0.725. The third kappa shape index (κ3) is 1.35. The predicted octanol–water partition coefficient (Wildman–Crippen LogP) is 1.26. The molecule has 2 aromatic heterocycles. The molecule has 0 atom stereocenters. The van der Waals surface area contributed by atoms with E-state index in [2.05, 4.69) is 17.1 Å². The zero-order valence-electron chi connectivity index (χ0n) is 7.57. The van der Waals surface area contributed by atoms with Crippen LogP contribution in [0.15, 0.2) is 18.3 Å². The predicted molar refractivity (Wildman–Crippen MR) is 51.4 cm³/mol. The van der Waals surface area contributed by atoms with Gasteiger partial charge in [0, 0.05) is 24.4 Å². The van der Waals surface area contributed by atoms with Gasteiger partial charge in [-0.05, 0) is 12.5 Å². The summed E-state index contributed by atoms with van der Waals surface area (Å²) in [6.45, 7) is 2.12. The summed E-state index contributed by atoms with van der Waals surface area (Å²) in [5.74, 6) is 0.998. The summed E-state index contributed by atoms with van der Waals surface area (Å²) < 4.78 is 1.97. The van der Waals surface area contributed by atoms with Gasteiger partial charge in [0.15, 0.2) is 5.65 Å². The third-order valence-corrected chi connectivity index (χ3v) is 1.98. The van der Waals surface area contributed by atoms with Crippen LogP contribution in [0, 0.1) is 0 Å². The van der Waals surface area contributed by atoms with Crippen LogP contribution in [0.1, 0.15) is 19.2 Å². The molecule has 0 saturated heterocycles. The minimum Gasteiger partial charge on any atom is -0.399 e. The van der Waals surface area contributed by atoms with Crippen molar-refractivity contribution in [3.63, 3.8) is 0 Å². The number of nitrogen functional groups attached to an aromatic ring is 1. The monoisotopic (exact) mass is 176 g/mol. The largest absolute Gasteiger partial charge is 0.399 e. The van der Waals surface area contributed by atoms with Gasteiger partial charge < -0.3 is 5.73 Å². The fraction of sp³-hybridized carbons (Fsp3) is 0.333. The van der Waals surface area contributed by atoms with Gasteiger partial charge >= 0.3 is 0 Å². The molecular formula is C9H12N4. The van der Waals surface area contributed by atoms with Crippen LogP contribution < -0.4 is 5.73 Å². The number of rotatable bonds is 2. The van der Waals surface area contributed by atoms with Crippen molar-refractivity contribution in [2.45, 2.75) is 19.8 Å². The summed E-state index contributed by atoms with van der Waals surface area (Å²) in [6, 6.07) is 3.68. The summed E-state index contributed by atoms with van der Waals surface area (Å²) in [5, 5.41) is 8.11. The first-order chi connectivity index (χ1) is 6.31. The van der Waals surface area contributed by atoms with Crippen LogP contribution in [-0.2, 0) is 6.42 Å². The number of nitrogens with two attached hydrogens (primary N) is 1. The molecule has 2 aromatic rings. The normalized spacial score (nSPS) is 10.8. The van der Waals surface area contributed by atoms with Crippen molar-refractivity contribution >= 4 is 11.3 Å². The van der Waals surface area contributed by atoms with Gasteiger partial charge in [0.05, 0.1) is 0 Å². The van der Waals surface area contributed by atoms with E-state index in [0.29, 0.717) is 0 Å². The Morgan fingerprint density at radius 1 is 1.46 bits per heavy atom. The molecule has 0 spiro atoms. The van der Waals surface area contributed by atoms with Crippen LogP contribution in [0.3, 0.4) is 0 Å². The van der Waals surface area contributed by atoms with Gasteiger partial charge in [0.25, 0.3) is 0 Å². The molecular weight excluding hydrogens is 164 g/mol. The maximum atomic E-state index is 5.63. The van der Waals surface area contributed by atoms with Gasteiger partial charge in [-0.2, -0.15) is 0 Å². The highest BCUT2D eigenvalue weighted by molar-refractivity contribution is 5.51. The third-order valence-electron chi connectivity index (χ3n) is 1.98. The van der Waals surface area contributed by atoms with E-state index in [-0.39, 0.29) is 0 Å². The molecule has 0 radical (unpaired) electrons. The second-order valence-corrected chi connectivity index (χ2v) is 3.05. The molecule has 2 heterocycles. The van der Waals surface area contributed by atoms with Crippen LogP contribution in [0.4, 0.5) is 5.69 Å². The maximum Gasteiger partial charge on any atom is 0.162 e. The highest BCUT2D eigenvalue weighted by Crippen LogP contribution is 2.09. The minimum absolute atomic E-state index is 0.725. The first-order valence-corrected chi connectivity index (χ1v) is 4.40. The SMILES string of the molecule is CCCc1nnc2cc(N)ccn12. The summed E-state index contributed by atoms with van der Waals surface area (Å²) in [4.78, 5) is 0. The quantitative estimate of drug-likeness (QED) is 0.749. The highest BCUT2D eigenvalue weighted by atomic mass is 15.2. The second-order valence-electron chi connectivity index (χ2n) is 3.05. The number of aryl methyl sites for hydroxylation is 1. The van der Waals surface area contributed by atoms with Crippen LogP contribution >= 0.6 is 0 Å².